The third-order valence-electron chi connectivity index (χ3n) is 5.29. The van der Waals surface area contributed by atoms with E-state index >= 15 is 0 Å². The molecule has 1 aliphatic heterocycles. The molecule has 3 heterocycles. The first-order chi connectivity index (χ1) is 14.7. The second-order valence-electron chi connectivity index (χ2n) is 7.30. The summed E-state index contributed by atoms with van der Waals surface area (Å²) < 4.78 is 9.18. The predicted molar refractivity (Wildman–Crippen MR) is 122 cm³/mol. The molecule has 0 N–H and O–H groups in total. The Balaban J connectivity index is 1.55. The van der Waals surface area contributed by atoms with E-state index in [9.17, 15) is 9.59 Å². The van der Waals surface area contributed by atoms with Crippen LogP contribution in [0.2, 0.25) is 0 Å². The summed E-state index contributed by atoms with van der Waals surface area (Å²) >= 11 is 2.80. The monoisotopic (exact) mass is 436 g/mol. The summed E-state index contributed by atoms with van der Waals surface area (Å²) in [5.41, 5.74) is 1.34. The number of thioether (sulfide) groups is 1. The molecule has 1 fully saturated rings. The van der Waals surface area contributed by atoms with Crippen molar-refractivity contribution in [2.75, 3.05) is 12.4 Å². The number of benzene rings is 2. The van der Waals surface area contributed by atoms with E-state index in [1.165, 1.54) is 23.1 Å². The van der Waals surface area contributed by atoms with Gasteiger partial charge in [-0.15, -0.1) is 11.3 Å². The van der Waals surface area contributed by atoms with Crippen molar-refractivity contribution >= 4 is 49.2 Å². The van der Waals surface area contributed by atoms with E-state index in [0.29, 0.717) is 22.0 Å². The van der Waals surface area contributed by atoms with Gasteiger partial charge < -0.3 is 4.74 Å². The lowest BCUT2D eigenvalue weighted by Crippen LogP contribution is -2.28. The van der Waals surface area contributed by atoms with Gasteiger partial charge in [0, 0.05) is 22.3 Å². The smallest absolute Gasteiger partial charge is 0.272 e. The van der Waals surface area contributed by atoms with Crippen molar-refractivity contribution in [3.8, 4) is 0 Å². The molecule has 0 radical (unpaired) electrons. The molecule has 152 valence electrons. The van der Waals surface area contributed by atoms with Crippen LogP contribution in [0.1, 0.15) is 23.2 Å². The number of ether oxygens (including phenoxy) is 1. The topological polar surface area (TPSA) is 61.2 Å². The Hall–Kier alpha value is -2.48. The van der Waals surface area contributed by atoms with E-state index in [1.807, 2.05) is 54.6 Å². The van der Waals surface area contributed by atoms with E-state index in [4.69, 9.17) is 9.72 Å². The first kappa shape index (κ1) is 19.5. The van der Waals surface area contributed by atoms with Crippen molar-refractivity contribution in [3.63, 3.8) is 0 Å². The Morgan fingerprint density at radius 2 is 1.97 bits per heavy atom. The van der Waals surface area contributed by atoms with Gasteiger partial charge in [-0.2, -0.15) is 0 Å². The number of hydrogen-bond acceptors (Lipinski definition) is 6. The molecule has 0 amide bonds. The van der Waals surface area contributed by atoms with Gasteiger partial charge >= 0.3 is 0 Å². The molecule has 0 spiro atoms. The van der Waals surface area contributed by atoms with Gasteiger partial charge in [-0.3, -0.25) is 14.2 Å². The van der Waals surface area contributed by atoms with Gasteiger partial charge in [-0.25, -0.2) is 4.98 Å². The van der Waals surface area contributed by atoms with Crippen LogP contribution in [-0.2, 0) is 11.3 Å². The summed E-state index contributed by atoms with van der Waals surface area (Å²) in [4.78, 5) is 30.9. The fourth-order valence-electron chi connectivity index (χ4n) is 3.75. The normalized spacial score (nSPS) is 16.5. The van der Waals surface area contributed by atoms with Crippen molar-refractivity contribution in [3.05, 3.63) is 70.5 Å². The summed E-state index contributed by atoms with van der Waals surface area (Å²) in [6, 6.07) is 17.2. The molecule has 30 heavy (non-hydrogen) atoms. The molecule has 5 nitrogen and oxygen atoms in total. The highest BCUT2D eigenvalue weighted by Gasteiger charge is 2.22. The van der Waals surface area contributed by atoms with Crippen molar-refractivity contribution in [1.29, 1.82) is 0 Å². The second kappa shape index (κ2) is 8.34. The van der Waals surface area contributed by atoms with Gasteiger partial charge in [0.1, 0.15) is 4.70 Å². The average Bonchev–Trinajstić information content (AvgIpc) is 3.43. The third-order valence-corrected chi connectivity index (χ3v) is 7.41. The first-order valence-electron chi connectivity index (χ1n) is 9.95. The lowest BCUT2D eigenvalue weighted by atomic mass is 10.2. The Kier molecular flexibility index (Phi) is 5.41. The van der Waals surface area contributed by atoms with Gasteiger partial charge in [-0.1, -0.05) is 60.3 Å². The number of aromatic nitrogens is 2. The Labute approximate surface area is 181 Å². The zero-order chi connectivity index (χ0) is 20.5. The lowest BCUT2D eigenvalue weighted by Gasteiger charge is -2.15. The molecule has 0 saturated carbocycles. The van der Waals surface area contributed by atoms with Crippen molar-refractivity contribution in [1.82, 2.24) is 9.55 Å². The summed E-state index contributed by atoms with van der Waals surface area (Å²) in [5.74, 6) is 0.254. The molecule has 7 heteroatoms. The van der Waals surface area contributed by atoms with E-state index < -0.39 is 0 Å². The predicted octanol–water partition coefficient (Wildman–Crippen LogP) is 4.77. The Bertz CT molecular complexity index is 1270. The highest BCUT2D eigenvalue weighted by molar-refractivity contribution is 7.99. The van der Waals surface area contributed by atoms with E-state index in [0.717, 1.165) is 35.1 Å². The number of rotatable bonds is 6. The minimum Gasteiger partial charge on any atom is -0.376 e. The van der Waals surface area contributed by atoms with Gasteiger partial charge in [0.15, 0.2) is 10.9 Å². The number of carbonyl (C=O) groups excluding carboxylic acids is 1. The number of Topliss-reactive ketones (excluding diaryl/α,β-unsaturated/α-hetero) is 1. The van der Waals surface area contributed by atoms with Gasteiger partial charge in [0.2, 0.25) is 0 Å². The highest BCUT2D eigenvalue weighted by Crippen LogP contribution is 2.32. The first-order valence-corrected chi connectivity index (χ1v) is 11.8. The van der Waals surface area contributed by atoms with E-state index in [1.54, 1.807) is 4.57 Å². The Morgan fingerprint density at radius 1 is 1.17 bits per heavy atom. The lowest BCUT2D eigenvalue weighted by molar-refractivity contribution is 0.0938. The molecule has 1 atom stereocenters. The van der Waals surface area contributed by atoms with Crippen LogP contribution in [0, 0.1) is 0 Å². The number of nitrogens with zero attached hydrogens (tertiary/aromatic N) is 2. The standard InChI is InChI=1S/C23H20N2O3S2/c26-18(15-7-2-1-3-8-15)14-29-23-24-20-17-10-4-5-11-19(17)30-21(20)22(27)25(23)13-16-9-6-12-28-16/h1-5,7-8,10-11,16H,6,9,12-14H2. The molecule has 4 aromatic rings. The molecule has 0 aliphatic carbocycles. The summed E-state index contributed by atoms with van der Waals surface area (Å²) in [7, 11) is 0. The van der Waals surface area contributed by atoms with Crippen LogP contribution in [0.15, 0.2) is 64.5 Å². The van der Waals surface area contributed by atoms with E-state index in [2.05, 4.69) is 0 Å². The average molecular weight is 437 g/mol. The molecule has 0 bridgehead atoms. The quantitative estimate of drug-likeness (QED) is 0.248. The number of carbonyl (C=O) groups is 1. The van der Waals surface area contributed by atoms with Crippen LogP contribution in [0.5, 0.6) is 0 Å². The van der Waals surface area contributed by atoms with Gasteiger partial charge in [0.25, 0.3) is 5.56 Å². The van der Waals surface area contributed by atoms with Gasteiger partial charge in [0.05, 0.1) is 23.9 Å². The van der Waals surface area contributed by atoms with Crippen LogP contribution < -0.4 is 5.56 Å². The van der Waals surface area contributed by atoms with Crippen LogP contribution in [-0.4, -0.2) is 33.8 Å². The summed E-state index contributed by atoms with van der Waals surface area (Å²) in [5, 5.41) is 1.56. The largest absolute Gasteiger partial charge is 0.376 e. The number of thiophene rings is 1. The minimum atomic E-state index is -0.0497. The molecule has 2 aromatic carbocycles. The number of ketones is 1. The number of fused-ring (bicyclic) bond motifs is 3. The van der Waals surface area contributed by atoms with Gasteiger partial charge in [-0.05, 0) is 18.9 Å². The van der Waals surface area contributed by atoms with Crippen LogP contribution in [0.3, 0.4) is 0 Å². The molecule has 2 aromatic heterocycles. The van der Waals surface area contributed by atoms with Crippen molar-refractivity contribution < 1.29 is 9.53 Å². The molecular formula is C23H20N2O3S2. The fourth-order valence-corrected chi connectivity index (χ4v) is 5.74. The van der Waals surface area contributed by atoms with E-state index in [-0.39, 0.29) is 23.2 Å². The second-order valence-corrected chi connectivity index (χ2v) is 9.29. The summed E-state index contributed by atoms with van der Waals surface area (Å²) in [6.45, 7) is 1.20. The molecule has 1 saturated heterocycles. The van der Waals surface area contributed by atoms with Crippen LogP contribution in [0.25, 0.3) is 20.3 Å². The molecule has 1 unspecified atom stereocenters. The molecule has 5 rings (SSSR count). The Morgan fingerprint density at radius 3 is 2.77 bits per heavy atom. The maximum absolute atomic E-state index is 13.4. The minimum absolute atomic E-state index is 0.0144. The molecular weight excluding hydrogens is 416 g/mol. The van der Waals surface area contributed by atoms with Crippen molar-refractivity contribution in [2.45, 2.75) is 30.6 Å². The number of hydrogen-bond donors (Lipinski definition) is 0. The zero-order valence-corrected chi connectivity index (χ0v) is 17.9. The highest BCUT2D eigenvalue weighted by atomic mass is 32.2. The van der Waals surface area contributed by atoms with Crippen molar-refractivity contribution in [2.24, 2.45) is 0 Å². The summed E-state index contributed by atoms with van der Waals surface area (Å²) in [6.07, 6.45) is 1.96. The maximum atomic E-state index is 13.4. The molecule has 1 aliphatic rings. The van der Waals surface area contributed by atoms with Crippen LogP contribution in [0.4, 0.5) is 0 Å². The third kappa shape index (κ3) is 3.69. The SMILES string of the molecule is O=C(CSc1nc2c(sc3ccccc32)c(=O)n1CC1CCCO1)c1ccccc1. The maximum Gasteiger partial charge on any atom is 0.272 e. The van der Waals surface area contributed by atoms with Crippen LogP contribution >= 0.6 is 23.1 Å². The zero-order valence-electron chi connectivity index (χ0n) is 16.2. The fraction of sp³-hybridized carbons (Fsp3) is 0.261.